The van der Waals surface area contributed by atoms with Gasteiger partial charge in [-0.15, -0.1) is 0 Å². The fourth-order valence-electron chi connectivity index (χ4n) is 3.13. The van der Waals surface area contributed by atoms with Crippen LogP contribution in [0.25, 0.3) is 0 Å². The van der Waals surface area contributed by atoms with Gasteiger partial charge in [-0.3, -0.25) is 4.90 Å². The van der Waals surface area contributed by atoms with Crippen LogP contribution in [-0.2, 0) is 16.0 Å². The van der Waals surface area contributed by atoms with E-state index in [2.05, 4.69) is 20.2 Å². The average molecular weight is 491 g/mol. The number of hydrogen-bond donors (Lipinski definition) is 5. The Morgan fingerprint density at radius 1 is 1.12 bits per heavy atom. The number of rotatable bonds is 9. The van der Waals surface area contributed by atoms with E-state index in [1.165, 1.54) is 0 Å². The molecule has 184 valence electrons. The molecular formula is C22H30N6O5S. The van der Waals surface area contributed by atoms with Gasteiger partial charge in [-0.05, 0) is 11.6 Å². The van der Waals surface area contributed by atoms with Gasteiger partial charge >= 0.3 is 11.9 Å². The van der Waals surface area contributed by atoms with Gasteiger partial charge in [-0.25, -0.2) is 19.6 Å². The molecule has 1 saturated heterocycles. The SMILES string of the molecule is COc1ccccc1Cc1c(N)nc(SCCN2CCNCC2)nc1N.O=C(O)/C=C/C(=O)O. The number of benzene rings is 1. The Morgan fingerprint density at radius 3 is 2.26 bits per heavy atom. The maximum absolute atomic E-state index is 9.55. The van der Waals surface area contributed by atoms with Gasteiger partial charge in [0, 0.05) is 62.6 Å². The van der Waals surface area contributed by atoms with E-state index in [0.29, 0.717) is 35.4 Å². The van der Waals surface area contributed by atoms with Crippen molar-refractivity contribution < 1.29 is 24.5 Å². The molecule has 1 aliphatic heterocycles. The molecule has 0 aliphatic carbocycles. The van der Waals surface area contributed by atoms with Gasteiger partial charge in [0.2, 0.25) is 0 Å². The van der Waals surface area contributed by atoms with Gasteiger partial charge < -0.3 is 31.7 Å². The molecule has 2 heterocycles. The largest absolute Gasteiger partial charge is 0.496 e. The average Bonchev–Trinajstić information content (AvgIpc) is 2.81. The van der Waals surface area contributed by atoms with Crippen LogP contribution in [0.2, 0.25) is 0 Å². The van der Waals surface area contributed by atoms with Crippen molar-refractivity contribution in [2.75, 3.05) is 57.1 Å². The Kier molecular flexibility index (Phi) is 11.1. The summed E-state index contributed by atoms with van der Waals surface area (Å²) in [6, 6.07) is 7.81. The number of nitrogen functional groups attached to an aromatic ring is 2. The van der Waals surface area contributed by atoms with Crippen LogP contribution in [0.1, 0.15) is 11.1 Å². The number of ether oxygens (including phenoxy) is 1. The smallest absolute Gasteiger partial charge is 0.328 e. The van der Waals surface area contributed by atoms with E-state index >= 15 is 0 Å². The predicted octanol–water partition coefficient (Wildman–Crippen LogP) is 0.950. The molecule has 0 radical (unpaired) electrons. The van der Waals surface area contributed by atoms with E-state index in [1.807, 2.05) is 24.3 Å². The number of nitrogens with zero attached hydrogens (tertiary/aromatic N) is 3. The molecule has 0 unspecified atom stereocenters. The number of anilines is 2. The van der Waals surface area contributed by atoms with Crippen LogP contribution in [0.3, 0.4) is 0 Å². The number of piperazine rings is 1. The summed E-state index contributed by atoms with van der Waals surface area (Å²) in [7, 11) is 1.65. The maximum atomic E-state index is 9.55. The molecule has 0 spiro atoms. The van der Waals surface area contributed by atoms with Crippen LogP contribution in [0.5, 0.6) is 5.75 Å². The number of hydrogen-bond acceptors (Lipinski definition) is 10. The molecule has 0 amide bonds. The van der Waals surface area contributed by atoms with Gasteiger partial charge in [-0.2, -0.15) is 0 Å². The van der Waals surface area contributed by atoms with Gasteiger partial charge in [0.25, 0.3) is 0 Å². The summed E-state index contributed by atoms with van der Waals surface area (Å²) in [4.78, 5) is 30.4. The minimum absolute atomic E-state index is 0.438. The van der Waals surface area contributed by atoms with Gasteiger partial charge in [-0.1, -0.05) is 30.0 Å². The lowest BCUT2D eigenvalue weighted by molar-refractivity contribution is -0.134. The maximum Gasteiger partial charge on any atom is 0.328 e. The molecule has 0 atom stereocenters. The van der Waals surface area contributed by atoms with Crippen LogP contribution in [0.4, 0.5) is 11.6 Å². The number of carbonyl (C=O) groups is 2. The molecule has 3 rings (SSSR count). The highest BCUT2D eigenvalue weighted by atomic mass is 32.2. The molecular weight excluding hydrogens is 460 g/mol. The summed E-state index contributed by atoms with van der Waals surface area (Å²) in [5, 5.41) is 19.6. The molecule has 1 aromatic carbocycles. The predicted molar refractivity (Wildman–Crippen MR) is 131 cm³/mol. The first-order valence-electron chi connectivity index (χ1n) is 10.5. The number of nitrogens with one attached hydrogen (secondary N) is 1. The molecule has 1 fully saturated rings. The molecule has 34 heavy (non-hydrogen) atoms. The lowest BCUT2D eigenvalue weighted by Crippen LogP contribution is -2.44. The molecule has 0 bridgehead atoms. The summed E-state index contributed by atoms with van der Waals surface area (Å²) in [5.74, 6) is 0.0896. The Hall–Kier alpha value is -3.35. The zero-order valence-corrected chi connectivity index (χ0v) is 19.8. The molecule has 1 aliphatic rings. The highest BCUT2D eigenvalue weighted by molar-refractivity contribution is 7.99. The number of carboxylic acid groups (broad SMARTS) is 2. The van der Waals surface area contributed by atoms with E-state index < -0.39 is 11.9 Å². The number of aliphatic carboxylic acids is 2. The lowest BCUT2D eigenvalue weighted by atomic mass is 10.1. The zero-order valence-electron chi connectivity index (χ0n) is 18.9. The van der Waals surface area contributed by atoms with Gasteiger partial charge in [0.05, 0.1) is 7.11 Å². The van der Waals surface area contributed by atoms with Gasteiger partial charge in [0.15, 0.2) is 5.16 Å². The second-order valence-electron chi connectivity index (χ2n) is 7.19. The van der Waals surface area contributed by atoms with E-state index in [-0.39, 0.29) is 0 Å². The third kappa shape index (κ3) is 9.25. The van der Waals surface area contributed by atoms with Crippen molar-refractivity contribution in [3.63, 3.8) is 0 Å². The van der Waals surface area contributed by atoms with Crippen molar-refractivity contribution in [2.45, 2.75) is 11.6 Å². The zero-order chi connectivity index (χ0) is 24.9. The molecule has 0 saturated carbocycles. The Balaban J connectivity index is 0.000000440. The molecule has 7 N–H and O–H groups in total. The van der Waals surface area contributed by atoms with Crippen molar-refractivity contribution in [1.82, 2.24) is 20.2 Å². The number of thioether (sulfide) groups is 1. The van der Waals surface area contributed by atoms with Crippen LogP contribution in [-0.4, -0.2) is 82.6 Å². The quantitative estimate of drug-likeness (QED) is 0.191. The van der Waals surface area contributed by atoms with Crippen LogP contribution in [0.15, 0.2) is 41.6 Å². The van der Waals surface area contributed by atoms with Crippen LogP contribution in [0, 0.1) is 0 Å². The third-order valence-corrected chi connectivity index (χ3v) is 5.65. The Labute approximate surface area is 202 Å². The summed E-state index contributed by atoms with van der Waals surface area (Å²) < 4.78 is 5.40. The summed E-state index contributed by atoms with van der Waals surface area (Å²) >= 11 is 1.60. The summed E-state index contributed by atoms with van der Waals surface area (Å²) in [6.45, 7) is 5.29. The number of para-hydroxylation sites is 1. The van der Waals surface area contributed by atoms with Crippen LogP contribution < -0.4 is 21.5 Å². The normalized spacial score (nSPS) is 13.8. The third-order valence-electron chi connectivity index (χ3n) is 4.83. The Bertz CT molecular complexity index is 958. The fraction of sp³-hybridized carbons (Fsp3) is 0.364. The number of nitrogens with two attached hydrogens (primary N) is 2. The van der Waals surface area contributed by atoms with E-state index in [1.54, 1.807) is 18.9 Å². The number of aromatic nitrogens is 2. The minimum atomic E-state index is -1.26. The topological polar surface area (TPSA) is 177 Å². The summed E-state index contributed by atoms with van der Waals surface area (Å²) in [5.41, 5.74) is 14.1. The first-order chi connectivity index (χ1) is 16.3. The second-order valence-corrected chi connectivity index (χ2v) is 8.26. The fourth-order valence-corrected chi connectivity index (χ4v) is 3.98. The van der Waals surface area contributed by atoms with E-state index in [0.717, 1.165) is 55.4 Å². The van der Waals surface area contributed by atoms with Crippen molar-refractivity contribution >= 4 is 35.3 Å². The highest BCUT2D eigenvalue weighted by Crippen LogP contribution is 2.27. The molecule has 12 heteroatoms. The van der Waals surface area contributed by atoms with E-state index in [9.17, 15) is 9.59 Å². The monoisotopic (exact) mass is 490 g/mol. The highest BCUT2D eigenvalue weighted by Gasteiger charge is 2.14. The van der Waals surface area contributed by atoms with E-state index in [4.69, 9.17) is 26.4 Å². The standard InChI is InChI=1S/C18H26N6OS.C4H4O4/c1-25-15-5-3-2-4-13(15)12-14-16(19)22-18(23-17(14)20)26-11-10-24-8-6-21-7-9-24;5-3(6)1-2-4(7)8/h2-5,21H,6-12H2,1H3,(H4,19,20,22,23);1-2H,(H,5,6)(H,7,8)/b;2-1+. The summed E-state index contributed by atoms with van der Waals surface area (Å²) in [6.07, 6.45) is 1.66. The van der Waals surface area contributed by atoms with Crippen LogP contribution >= 0.6 is 11.8 Å². The molecule has 1 aromatic heterocycles. The lowest BCUT2D eigenvalue weighted by Gasteiger charge is -2.26. The first kappa shape index (κ1) is 26.9. The Morgan fingerprint density at radius 2 is 1.71 bits per heavy atom. The second kappa shape index (κ2) is 14.0. The van der Waals surface area contributed by atoms with Crippen molar-refractivity contribution in [3.8, 4) is 5.75 Å². The number of carboxylic acids is 2. The van der Waals surface area contributed by atoms with Crippen molar-refractivity contribution in [3.05, 3.63) is 47.5 Å². The molecule has 11 nitrogen and oxygen atoms in total. The minimum Gasteiger partial charge on any atom is -0.496 e. The first-order valence-corrected chi connectivity index (χ1v) is 11.5. The number of methoxy groups -OCH3 is 1. The van der Waals surface area contributed by atoms with Gasteiger partial charge in [0.1, 0.15) is 17.4 Å². The molecule has 2 aromatic rings. The van der Waals surface area contributed by atoms with Crippen molar-refractivity contribution in [2.24, 2.45) is 0 Å². The van der Waals surface area contributed by atoms with Crippen molar-refractivity contribution in [1.29, 1.82) is 0 Å².